The van der Waals surface area contributed by atoms with E-state index in [9.17, 15) is 4.79 Å². The topological polar surface area (TPSA) is 26.8 Å². The van der Waals surface area contributed by atoms with E-state index in [0.29, 0.717) is 6.04 Å². The summed E-state index contributed by atoms with van der Waals surface area (Å²) in [7, 11) is 3.66. The number of hydrogen-bond acceptors (Lipinski definition) is 2. The van der Waals surface area contributed by atoms with Crippen molar-refractivity contribution in [2.75, 3.05) is 40.3 Å². The molecule has 86 valence electrons. The van der Waals surface area contributed by atoms with Crippen molar-refractivity contribution in [2.24, 2.45) is 0 Å². The lowest BCUT2D eigenvalue weighted by molar-refractivity contribution is 0.0576. The van der Waals surface area contributed by atoms with Crippen molar-refractivity contribution in [3.8, 4) is 0 Å². The van der Waals surface area contributed by atoms with Gasteiger partial charge in [0, 0.05) is 39.8 Å². The summed E-state index contributed by atoms with van der Waals surface area (Å²) in [5.41, 5.74) is 0. The molecule has 0 saturated carbocycles. The number of carbonyl (C=O) groups is 1. The van der Waals surface area contributed by atoms with E-state index in [0.717, 1.165) is 19.6 Å². The molecule has 4 nitrogen and oxygen atoms in total. The molecule has 2 aliphatic heterocycles. The quantitative estimate of drug-likeness (QED) is 0.593. The minimum absolute atomic E-state index is 0.167. The zero-order chi connectivity index (χ0) is 10.8. The van der Waals surface area contributed by atoms with Crippen molar-refractivity contribution in [3.63, 3.8) is 0 Å². The largest absolute Gasteiger partial charge is 0.331 e. The minimum atomic E-state index is 0.167. The van der Waals surface area contributed by atoms with Crippen LogP contribution in [0.15, 0.2) is 0 Å². The summed E-state index contributed by atoms with van der Waals surface area (Å²) in [5.74, 6) is 0. The summed E-state index contributed by atoms with van der Waals surface area (Å²) in [6, 6.07) is 0.789. The predicted molar refractivity (Wildman–Crippen MR) is 59.9 cm³/mol. The maximum Gasteiger partial charge on any atom is 0.319 e. The second-order valence-electron chi connectivity index (χ2n) is 4.81. The first-order valence-electron chi connectivity index (χ1n) is 5.89. The van der Waals surface area contributed by atoms with Crippen molar-refractivity contribution < 1.29 is 4.79 Å². The van der Waals surface area contributed by atoms with Crippen molar-refractivity contribution in [1.29, 1.82) is 0 Å². The van der Waals surface area contributed by atoms with Gasteiger partial charge in [0.05, 0.1) is 0 Å². The van der Waals surface area contributed by atoms with Crippen LogP contribution in [-0.4, -0.2) is 67.0 Å². The van der Waals surface area contributed by atoms with Gasteiger partial charge >= 0.3 is 6.03 Å². The molecule has 0 aromatic rings. The third kappa shape index (κ3) is 2.25. The number of piperidine rings is 1. The van der Waals surface area contributed by atoms with Gasteiger partial charge in [-0.3, -0.25) is 4.90 Å². The van der Waals surface area contributed by atoms with Crippen LogP contribution in [0.1, 0.15) is 19.3 Å². The standard InChI is InChI=1S/C11H21N3O/c1-12(2)11(15)14-8-7-13-6-4-3-5-10(13)9-14/h10H,3-9H2,1-2H3. The second-order valence-corrected chi connectivity index (χ2v) is 4.81. The normalized spacial score (nSPS) is 27.3. The fourth-order valence-corrected chi connectivity index (χ4v) is 2.61. The average Bonchev–Trinajstić information content (AvgIpc) is 2.27. The Morgan fingerprint density at radius 3 is 2.73 bits per heavy atom. The van der Waals surface area contributed by atoms with E-state index in [-0.39, 0.29) is 6.03 Å². The van der Waals surface area contributed by atoms with E-state index in [4.69, 9.17) is 0 Å². The van der Waals surface area contributed by atoms with Crippen LogP contribution in [0.4, 0.5) is 4.79 Å². The zero-order valence-corrected chi connectivity index (χ0v) is 9.78. The molecule has 0 aliphatic carbocycles. The van der Waals surface area contributed by atoms with Gasteiger partial charge in [-0.25, -0.2) is 4.79 Å². The highest BCUT2D eigenvalue weighted by Gasteiger charge is 2.31. The van der Waals surface area contributed by atoms with E-state index >= 15 is 0 Å². The lowest BCUT2D eigenvalue weighted by atomic mass is 10.00. The molecule has 15 heavy (non-hydrogen) atoms. The fourth-order valence-electron chi connectivity index (χ4n) is 2.61. The van der Waals surface area contributed by atoms with Gasteiger partial charge in [0.2, 0.25) is 0 Å². The number of piperazine rings is 1. The molecule has 2 saturated heterocycles. The highest BCUT2D eigenvalue weighted by Crippen LogP contribution is 2.21. The molecule has 2 heterocycles. The van der Waals surface area contributed by atoms with Crippen LogP contribution in [0, 0.1) is 0 Å². The van der Waals surface area contributed by atoms with Gasteiger partial charge in [-0.05, 0) is 19.4 Å². The number of amides is 2. The highest BCUT2D eigenvalue weighted by molar-refractivity contribution is 5.74. The first kappa shape index (κ1) is 10.7. The molecular formula is C11H21N3O. The van der Waals surface area contributed by atoms with Crippen molar-refractivity contribution in [1.82, 2.24) is 14.7 Å². The Kier molecular flexibility index (Phi) is 3.14. The van der Waals surface area contributed by atoms with Crippen molar-refractivity contribution >= 4 is 6.03 Å². The Hall–Kier alpha value is -0.770. The van der Waals surface area contributed by atoms with Crippen molar-refractivity contribution in [2.45, 2.75) is 25.3 Å². The molecule has 0 N–H and O–H groups in total. The lowest BCUT2D eigenvalue weighted by Crippen LogP contribution is -2.57. The van der Waals surface area contributed by atoms with E-state index < -0.39 is 0 Å². The Balaban J connectivity index is 1.93. The van der Waals surface area contributed by atoms with E-state index in [1.165, 1.54) is 25.8 Å². The summed E-state index contributed by atoms with van der Waals surface area (Å²) < 4.78 is 0. The van der Waals surface area contributed by atoms with E-state index in [1.54, 1.807) is 4.90 Å². The Labute approximate surface area is 91.8 Å². The summed E-state index contributed by atoms with van der Waals surface area (Å²) in [5, 5.41) is 0. The molecule has 0 aromatic carbocycles. The van der Waals surface area contributed by atoms with Gasteiger partial charge < -0.3 is 9.80 Å². The fraction of sp³-hybridized carbons (Fsp3) is 0.909. The van der Waals surface area contributed by atoms with Crippen LogP contribution in [-0.2, 0) is 0 Å². The number of urea groups is 1. The zero-order valence-electron chi connectivity index (χ0n) is 9.78. The van der Waals surface area contributed by atoms with Crippen LogP contribution in [0.25, 0.3) is 0 Å². The molecule has 0 bridgehead atoms. The Morgan fingerprint density at radius 1 is 1.20 bits per heavy atom. The van der Waals surface area contributed by atoms with Gasteiger partial charge in [-0.15, -0.1) is 0 Å². The van der Waals surface area contributed by atoms with Gasteiger partial charge in [-0.1, -0.05) is 6.42 Å². The molecular weight excluding hydrogens is 190 g/mol. The number of hydrogen-bond donors (Lipinski definition) is 0. The van der Waals surface area contributed by atoms with Crippen LogP contribution in [0.2, 0.25) is 0 Å². The summed E-state index contributed by atoms with van der Waals surface area (Å²) in [6.45, 7) is 4.11. The van der Waals surface area contributed by atoms with Crippen molar-refractivity contribution in [3.05, 3.63) is 0 Å². The monoisotopic (exact) mass is 211 g/mol. The molecule has 4 heteroatoms. The van der Waals surface area contributed by atoms with Crippen LogP contribution in [0.5, 0.6) is 0 Å². The van der Waals surface area contributed by atoms with E-state index in [2.05, 4.69) is 4.90 Å². The molecule has 2 fully saturated rings. The van der Waals surface area contributed by atoms with Crippen LogP contribution in [0.3, 0.4) is 0 Å². The number of fused-ring (bicyclic) bond motifs is 1. The smallest absolute Gasteiger partial charge is 0.319 e. The number of rotatable bonds is 0. The maximum absolute atomic E-state index is 11.8. The molecule has 2 rings (SSSR count). The van der Waals surface area contributed by atoms with Gasteiger partial charge in [0.1, 0.15) is 0 Å². The first-order valence-corrected chi connectivity index (χ1v) is 5.89. The minimum Gasteiger partial charge on any atom is -0.331 e. The molecule has 0 aromatic heterocycles. The van der Waals surface area contributed by atoms with Gasteiger partial charge in [-0.2, -0.15) is 0 Å². The summed E-state index contributed by atoms with van der Waals surface area (Å²) >= 11 is 0. The van der Waals surface area contributed by atoms with Gasteiger partial charge in [0.25, 0.3) is 0 Å². The Bertz CT molecular complexity index is 242. The number of carbonyl (C=O) groups excluding carboxylic acids is 1. The first-order chi connectivity index (χ1) is 7.18. The predicted octanol–water partition coefficient (Wildman–Crippen LogP) is 0.838. The van der Waals surface area contributed by atoms with E-state index in [1.807, 2.05) is 19.0 Å². The van der Waals surface area contributed by atoms with Crippen LogP contribution >= 0.6 is 0 Å². The third-order valence-corrected chi connectivity index (χ3v) is 3.49. The molecule has 2 aliphatic rings. The summed E-state index contributed by atoms with van der Waals surface area (Å²) in [6.07, 6.45) is 3.92. The van der Waals surface area contributed by atoms with Crippen LogP contribution < -0.4 is 0 Å². The number of nitrogens with zero attached hydrogens (tertiary/aromatic N) is 3. The SMILES string of the molecule is CN(C)C(=O)N1CCN2CCCCC2C1. The molecule has 0 spiro atoms. The molecule has 1 unspecified atom stereocenters. The third-order valence-electron chi connectivity index (χ3n) is 3.49. The second kappa shape index (κ2) is 4.39. The maximum atomic E-state index is 11.8. The summed E-state index contributed by atoms with van der Waals surface area (Å²) in [4.78, 5) is 18.0. The highest BCUT2D eigenvalue weighted by atomic mass is 16.2. The molecule has 2 amide bonds. The molecule has 0 radical (unpaired) electrons. The average molecular weight is 211 g/mol. The molecule has 1 atom stereocenters. The Morgan fingerprint density at radius 2 is 2.00 bits per heavy atom. The lowest BCUT2D eigenvalue weighted by Gasteiger charge is -2.44. The van der Waals surface area contributed by atoms with Gasteiger partial charge in [0.15, 0.2) is 0 Å².